The van der Waals surface area contributed by atoms with E-state index in [1.54, 1.807) is 0 Å². The first-order valence-corrected chi connectivity index (χ1v) is 11.1. The van der Waals surface area contributed by atoms with E-state index in [1.165, 1.54) is 44.5 Å². The molecule has 148 valence electrons. The van der Waals surface area contributed by atoms with Crippen LogP contribution in [0.25, 0.3) is 12.2 Å². The molecule has 0 fully saturated rings. The lowest BCUT2D eigenvalue weighted by Gasteiger charge is -2.22. The molecule has 0 amide bonds. The predicted octanol–water partition coefficient (Wildman–Crippen LogP) is 7.83. The largest absolute Gasteiger partial charge is 0.0622 e. The Kier molecular flexibility index (Phi) is 4.43. The van der Waals surface area contributed by atoms with Gasteiger partial charge >= 0.3 is 0 Å². The molecule has 0 bridgehead atoms. The van der Waals surface area contributed by atoms with Crippen molar-refractivity contribution < 1.29 is 0 Å². The van der Waals surface area contributed by atoms with Gasteiger partial charge in [-0.15, -0.1) is 0 Å². The molecular formula is C31H24. The second-order valence-corrected chi connectivity index (χ2v) is 8.56. The van der Waals surface area contributed by atoms with Crippen molar-refractivity contribution in [3.05, 3.63) is 154 Å². The van der Waals surface area contributed by atoms with Crippen molar-refractivity contribution in [3.8, 4) is 0 Å². The fourth-order valence-electron chi connectivity index (χ4n) is 5.40. The van der Waals surface area contributed by atoms with E-state index in [-0.39, 0.29) is 0 Å². The van der Waals surface area contributed by atoms with E-state index in [9.17, 15) is 0 Å². The van der Waals surface area contributed by atoms with Crippen LogP contribution < -0.4 is 0 Å². The van der Waals surface area contributed by atoms with E-state index < -0.39 is 0 Å². The first-order valence-electron chi connectivity index (χ1n) is 11.1. The summed E-state index contributed by atoms with van der Waals surface area (Å²) < 4.78 is 0. The fraction of sp³-hybridized carbons (Fsp3) is 0.0968. The molecule has 4 aromatic rings. The summed E-state index contributed by atoms with van der Waals surface area (Å²) in [6.07, 6.45) is 5.85. The van der Waals surface area contributed by atoms with Crippen LogP contribution in [0.1, 0.15) is 51.6 Å². The molecule has 0 spiro atoms. The Balaban J connectivity index is 1.43. The van der Waals surface area contributed by atoms with Crippen molar-refractivity contribution in [1.29, 1.82) is 0 Å². The van der Waals surface area contributed by atoms with Crippen LogP contribution in [-0.2, 0) is 0 Å². The van der Waals surface area contributed by atoms with Crippen LogP contribution in [0.4, 0.5) is 0 Å². The molecule has 4 aromatic carbocycles. The first kappa shape index (κ1) is 18.2. The second kappa shape index (κ2) is 7.56. The molecule has 0 N–H and O–H groups in total. The Hall–Kier alpha value is -3.64. The fourth-order valence-corrected chi connectivity index (χ4v) is 5.40. The SMILES string of the molecule is C1=C(CC2=Cc3ccccc3C2c2ccccc2)C(c2ccccc2)c2ccccc21. The highest BCUT2D eigenvalue weighted by atomic mass is 14.3. The summed E-state index contributed by atoms with van der Waals surface area (Å²) in [4.78, 5) is 0. The molecule has 2 atom stereocenters. The Morgan fingerprint density at radius 3 is 1.26 bits per heavy atom. The zero-order valence-corrected chi connectivity index (χ0v) is 17.4. The minimum atomic E-state index is 0.332. The Morgan fingerprint density at radius 2 is 0.806 bits per heavy atom. The minimum Gasteiger partial charge on any atom is -0.0622 e. The third-order valence-corrected chi connectivity index (χ3v) is 6.71. The van der Waals surface area contributed by atoms with Gasteiger partial charge in [0, 0.05) is 11.8 Å². The average molecular weight is 397 g/mol. The van der Waals surface area contributed by atoms with Crippen LogP contribution >= 0.6 is 0 Å². The summed E-state index contributed by atoms with van der Waals surface area (Å²) in [5.41, 5.74) is 11.3. The van der Waals surface area contributed by atoms with Gasteiger partial charge in [0.15, 0.2) is 0 Å². The van der Waals surface area contributed by atoms with E-state index in [0.29, 0.717) is 11.8 Å². The lowest BCUT2D eigenvalue weighted by atomic mass is 9.81. The van der Waals surface area contributed by atoms with Gasteiger partial charge in [0.25, 0.3) is 0 Å². The molecule has 0 aliphatic heterocycles. The molecule has 0 aromatic heterocycles. The molecule has 2 aliphatic carbocycles. The van der Waals surface area contributed by atoms with Crippen LogP contribution in [0, 0.1) is 0 Å². The summed E-state index contributed by atoms with van der Waals surface area (Å²) in [6, 6.07) is 39.7. The van der Waals surface area contributed by atoms with Crippen molar-refractivity contribution in [2.45, 2.75) is 18.3 Å². The molecule has 6 rings (SSSR count). The maximum Gasteiger partial charge on any atom is 0.0311 e. The molecule has 0 heterocycles. The summed E-state index contributed by atoms with van der Waals surface area (Å²) in [6.45, 7) is 0. The first-order chi connectivity index (χ1) is 15.4. The minimum absolute atomic E-state index is 0.332. The van der Waals surface area contributed by atoms with Crippen molar-refractivity contribution in [1.82, 2.24) is 0 Å². The van der Waals surface area contributed by atoms with E-state index >= 15 is 0 Å². The maximum atomic E-state index is 2.43. The van der Waals surface area contributed by atoms with E-state index in [2.05, 4.69) is 121 Å². The lowest BCUT2D eigenvalue weighted by molar-refractivity contribution is 0.863. The molecule has 0 radical (unpaired) electrons. The Labute approximate surface area is 184 Å². The van der Waals surface area contributed by atoms with Gasteiger partial charge < -0.3 is 0 Å². The van der Waals surface area contributed by atoms with Crippen LogP contribution in [0.15, 0.2) is 120 Å². The number of fused-ring (bicyclic) bond motifs is 2. The van der Waals surface area contributed by atoms with Crippen LogP contribution in [0.3, 0.4) is 0 Å². The monoisotopic (exact) mass is 396 g/mol. The molecule has 0 nitrogen and oxygen atoms in total. The highest BCUT2D eigenvalue weighted by Gasteiger charge is 2.31. The van der Waals surface area contributed by atoms with Crippen LogP contribution in [0.2, 0.25) is 0 Å². The van der Waals surface area contributed by atoms with Crippen LogP contribution in [-0.4, -0.2) is 0 Å². The molecule has 0 heteroatoms. The third kappa shape index (κ3) is 3.16. The van der Waals surface area contributed by atoms with Gasteiger partial charge in [-0.2, -0.15) is 0 Å². The van der Waals surface area contributed by atoms with Crippen molar-refractivity contribution in [2.75, 3.05) is 0 Å². The zero-order valence-electron chi connectivity index (χ0n) is 17.4. The highest BCUT2D eigenvalue weighted by Crippen LogP contribution is 2.49. The Bertz CT molecular complexity index is 1190. The highest BCUT2D eigenvalue weighted by molar-refractivity contribution is 5.74. The van der Waals surface area contributed by atoms with Crippen molar-refractivity contribution >= 4 is 12.2 Å². The Morgan fingerprint density at radius 1 is 0.419 bits per heavy atom. The normalized spacial score (nSPS) is 18.8. The summed E-state index contributed by atoms with van der Waals surface area (Å²) in [5.74, 6) is 0.664. The van der Waals surface area contributed by atoms with Crippen LogP contribution in [0.5, 0.6) is 0 Å². The summed E-state index contributed by atoms with van der Waals surface area (Å²) >= 11 is 0. The standard InChI is InChI=1S/C31H24/c1-3-11-22(12-4-1)30-26(19-24-15-7-9-17-28(24)30)21-27-20-25-16-8-10-18-29(25)31(27)23-13-5-2-6-14-23/h1-20,30-31H,21H2. The van der Waals surface area contributed by atoms with E-state index in [4.69, 9.17) is 0 Å². The van der Waals surface area contributed by atoms with Gasteiger partial charge in [-0.05, 0) is 39.8 Å². The predicted molar refractivity (Wildman–Crippen MR) is 130 cm³/mol. The summed E-state index contributed by atoms with van der Waals surface area (Å²) in [5, 5.41) is 0. The van der Waals surface area contributed by atoms with Gasteiger partial charge in [-0.25, -0.2) is 0 Å². The topological polar surface area (TPSA) is 0 Å². The van der Waals surface area contributed by atoms with Gasteiger partial charge in [-0.3, -0.25) is 0 Å². The quantitative estimate of drug-likeness (QED) is 0.330. The molecule has 0 saturated heterocycles. The lowest BCUT2D eigenvalue weighted by Crippen LogP contribution is -2.06. The average Bonchev–Trinajstić information content (AvgIpc) is 3.38. The van der Waals surface area contributed by atoms with Gasteiger partial charge in [-0.1, -0.05) is 132 Å². The number of hydrogen-bond acceptors (Lipinski definition) is 0. The smallest absolute Gasteiger partial charge is 0.0311 e. The maximum absolute atomic E-state index is 2.43. The summed E-state index contributed by atoms with van der Waals surface area (Å²) in [7, 11) is 0. The molecule has 0 saturated carbocycles. The van der Waals surface area contributed by atoms with E-state index in [0.717, 1.165) is 6.42 Å². The number of hydrogen-bond donors (Lipinski definition) is 0. The van der Waals surface area contributed by atoms with Gasteiger partial charge in [0.1, 0.15) is 0 Å². The van der Waals surface area contributed by atoms with Crippen molar-refractivity contribution in [2.24, 2.45) is 0 Å². The van der Waals surface area contributed by atoms with Gasteiger partial charge in [0.2, 0.25) is 0 Å². The molecular weight excluding hydrogens is 372 g/mol. The van der Waals surface area contributed by atoms with Gasteiger partial charge in [0.05, 0.1) is 0 Å². The van der Waals surface area contributed by atoms with Crippen molar-refractivity contribution in [3.63, 3.8) is 0 Å². The number of rotatable bonds is 4. The second-order valence-electron chi connectivity index (χ2n) is 8.56. The third-order valence-electron chi connectivity index (χ3n) is 6.71. The van der Waals surface area contributed by atoms with E-state index in [1.807, 2.05) is 0 Å². The zero-order chi connectivity index (χ0) is 20.6. The number of allylic oxidation sites excluding steroid dienone is 2. The molecule has 2 aliphatic rings. The molecule has 2 unspecified atom stereocenters. The number of benzene rings is 4. The molecule has 31 heavy (non-hydrogen) atoms.